The van der Waals surface area contributed by atoms with Crippen LogP contribution in [0.2, 0.25) is 3.46 Å². The number of aliphatic hydroxyl groups excluding tert-OH is 1. The quantitative estimate of drug-likeness (QED) is 0.419. The number of nitrogens with one attached hydrogen (secondary N) is 1. The fourth-order valence-corrected chi connectivity index (χ4v) is 10.5. The van der Waals surface area contributed by atoms with Crippen molar-refractivity contribution >= 4 is 24.1 Å². The van der Waals surface area contributed by atoms with Gasteiger partial charge in [0.05, 0.1) is 0 Å². The van der Waals surface area contributed by atoms with E-state index in [0.29, 0.717) is 9.19 Å². The molecule has 1 amide bonds. The summed E-state index contributed by atoms with van der Waals surface area (Å²) in [4.78, 5) is 12.2. The number of carbonyl (C=O) groups is 1. The Kier molecular flexibility index (Phi) is 3.13. The van der Waals surface area contributed by atoms with Gasteiger partial charge in [0.1, 0.15) is 0 Å². The van der Waals surface area contributed by atoms with E-state index in [4.69, 9.17) is 0 Å². The number of rotatable bonds is 2. The summed E-state index contributed by atoms with van der Waals surface area (Å²) in [6, 6.07) is -0.531. The van der Waals surface area contributed by atoms with Crippen molar-refractivity contribution in [2.45, 2.75) is 48.7 Å². The number of amides is 1. The molecule has 0 saturated carbocycles. The Morgan fingerprint density at radius 2 is 2.15 bits per heavy atom. The molecule has 5 nitrogen and oxygen atoms in total. The maximum atomic E-state index is 12.8. The number of allylic oxidation sites excluding steroid dienone is 2. The first-order valence-corrected chi connectivity index (χ1v) is 11.2. The van der Waals surface area contributed by atoms with Gasteiger partial charge >= 0.3 is 121 Å². The molecule has 2 N–H and O–H groups in total. The van der Waals surface area contributed by atoms with E-state index in [1.165, 1.54) is 0 Å². The zero-order chi connectivity index (χ0) is 14.7. The van der Waals surface area contributed by atoms with Crippen molar-refractivity contribution in [1.29, 1.82) is 0 Å². The third-order valence-electron chi connectivity index (χ3n) is 5.03. The van der Waals surface area contributed by atoms with Gasteiger partial charge < -0.3 is 0 Å². The molecule has 1 aliphatic carbocycles. The number of carbonyl (C=O) groups excluding carboxylic acids is 1. The van der Waals surface area contributed by atoms with Crippen LogP contribution >= 0.6 is 0 Å². The molecule has 0 aromatic carbocycles. The van der Waals surface area contributed by atoms with E-state index < -0.39 is 39.7 Å². The molecule has 20 heavy (non-hydrogen) atoms. The Balaban J connectivity index is 2.08. The zero-order valence-corrected chi connectivity index (χ0v) is 13.9. The van der Waals surface area contributed by atoms with E-state index in [1.807, 2.05) is 12.2 Å². The average molecular weight is 393 g/mol. The summed E-state index contributed by atoms with van der Waals surface area (Å²) in [6.07, 6.45) is 5.30. The van der Waals surface area contributed by atoms with Gasteiger partial charge in [0.25, 0.3) is 0 Å². The number of hydrogen-bond donors (Lipinski definition) is 2. The van der Waals surface area contributed by atoms with Gasteiger partial charge in [0.2, 0.25) is 0 Å². The first-order valence-electron chi connectivity index (χ1n) is 6.93. The van der Waals surface area contributed by atoms with Crippen LogP contribution in [0.15, 0.2) is 21.3 Å². The van der Waals surface area contributed by atoms with Crippen LogP contribution in [0.5, 0.6) is 0 Å². The van der Waals surface area contributed by atoms with Crippen molar-refractivity contribution in [2.75, 3.05) is 0 Å². The van der Waals surface area contributed by atoms with Gasteiger partial charge in [-0.05, 0) is 0 Å². The molecular weight excluding hydrogens is 374 g/mol. The summed E-state index contributed by atoms with van der Waals surface area (Å²) in [6.45, 7) is 3.30. The monoisotopic (exact) mass is 395 g/mol. The molecule has 4 atom stereocenters. The molecule has 3 aliphatic rings. The average Bonchev–Trinajstić information content (AvgIpc) is 2.54. The maximum absolute atomic E-state index is 12.8. The van der Waals surface area contributed by atoms with Crippen molar-refractivity contribution in [3.63, 3.8) is 0 Å². The summed E-state index contributed by atoms with van der Waals surface area (Å²) >= 11 is -5.08. The fourth-order valence-electron chi connectivity index (χ4n) is 3.66. The molecule has 6 heteroatoms. The van der Waals surface area contributed by atoms with Crippen LogP contribution < -0.4 is 5.32 Å². The first kappa shape index (κ1) is 14.2. The van der Waals surface area contributed by atoms with Gasteiger partial charge in [-0.3, -0.25) is 0 Å². The van der Waals surface area contributed by atoms with E-state index in [2.05, 4.69) is 5.32 Å². The van der Waals surface area contributed by atoms with E-state index in [0.717, 1.165) is 19.3 Å². The second-order valence-corrected chi connectivity index (χ2v) is 12.5. The fraction of sp³-hybridized carbons (Fsp3) is 0.643. The first-order chi connectivity index (χ1) is 9.35. The molecule has 0 bridgehead atoms. The van der Waals surface area contributed by atoms with Crippen molar-refractivity contribution in [3.05, 3.63) is 21.3 Å². The van der Waals surface area contributed by atoms with E-state index >= 15 is 0 Å². The van der Waals surface area contributed by atoms with Crippen LogP contribution in [0.25, 0.3) is 0 Å². The van der Waals surface area contributed by atoms with Gasteiger partial charge in [0, 0.05) is 0 Å². The van der Waals surface area contributed by atoms with Crippen LogP contribution in [0, 0.1) is 5.92 Å². The van der Waals surface area contributed by atoms with E-state index in [9.17, 15) is 16.1 Å². The summed E-state index contributed by atoms with van der Waals surface area (Å²) in [5.74, 6) is -0.763. The molecule has 0 aromatic heterocycles. The molecule has 0 unspecified atom stereocenters. The Labute approximate surface area is 121 Å². The summed E-state index contributed by atoms with van der Waals surface area (Å²) < 4.78 is 24.3. The topological polar surface area (TPSA) is 83.5 Å². The van der Waals surface area contributed by atoms with Gasteiger partial charge in [-0.25, -0.2) is 0 Å². The minimum atomic E-state index is -5.08. The third kappa shape index (κ3) is 1.45. The molecular formula is C14H19NO4Te. The van der Waals surface area contributed by atoms with E-state index in [-0.39, 0.29) is 5.92 Å². The van der Waals surface area contributed by atoms with Gasteiger partial charge in [-0.2, -0.15) is 0 Å². The van der Waals surface area contributed by atoms with Crippen LogP contribution in [-0.4, -0.2) is 41.3 Å². The molecule has 1 fully saturated rings. The molecule has 0 spiro atoms. The number of aliphatic hydroxyl groups is 1. The second kappa shape index (κ2) is 4.40. The van der Waals surface area contributed by atoms with E-state index in [1.54, 1.807) is 13.8 Å². The van der Waals surface area contributed by atoms with Gasteiger partial charge in [0.15, 0.2) is 0 Å². The van der Waals surface area contributed by atoms with Crippen molar-refractivity contribution in [1.82, 2.24) is 5.32 Å². The normalized spacial score (nSPS) is 40.0. The summed E-state index contributed by atoms with van der Waals surface area (Å²) in [5.41, 5.74) is 0.689. The molecule has 110 valence electrons. The second-order valence-electron chi connectivity index (χ2n) is 5.91. The number of β-lactam (4-membered cyclic amide) rings is 1. The summed E-state index contributed by atoms with van der Waals surface area (Å²) in [7, 11) is 0. The predicted molar refractivity (Wildman–Crippen MR) is 72.6 cm³/mol. The third-order valence-corrected chi connectivity index (χ3v) is 12.7. The Hall–Kier alpha value is -0.700. The van der Waals surface area contributed by atoms with Gasteiger partial charge in [-0.1, -0.05) is 0 Å². The van der Waals surface area contributed by atoms with Crippen LogP contribution in [0.3, 0.4) is 0 Å². The van der Waals surface area contributed by atoms with Crippen molar-refractivity contribution < 1.29 is 16.1 Å². The number of hydrogen-bond acceptors (Lipinski definition) is 4. The Bertz CT molecular complexity index is 634. The van der Waals surface area contributed by atoms with Crippen molar-refractivity contribution in [3.8, 4) is 0 Å². The van der Waals surface area contributed by atoms with Crippen LogP contribution in [0.1, 0.15) is 33.1 Å². The number of fused-ring (bicyclic) bond motifs is 1. The minimum absolute atomic E-state index is 0.246. The summed E-state index contributed by atoms with van der Waals surface area (Å²) in [5, 5.41) is 13.4. The van der Waals surface area contributed by atoms with Crippen LogP contribution in [0.4, 0.5) is 0 Å². The van der Waals surface area contributed by atoms with Gasteiger partial charge in [-0.15, -0.1) is 0 Å². The molecule has 3 rings (SSSR count). The zero-order valence-electron chi connectivity index (χ0n) is 11.6. The molecule has 2 heterocycles. The molecule has 2 aliphatic heterocycles. The SMILES string of the molecule is CC1=C(C)[Te](=O)(=O)[C@@]2([C@@H](O)[C@@H]3C=CCCC3)C(=O)N[C@@H]12. The molecule has 1 saturated heterocycles. The molecule has 0 radical (unpaired) electrons. The van der Waals surface area contributed by atoms with Crippen molar-refractivity contribution in [2.24, 2.45) is 5.92 Å². The molecule has 0 aromatic rings. The Morgan fingerprint density at radius 1 is 1.45 bits per heavy atom. The van der Waals surface area contributed by atoms with Crippen LogP contribution in [-0.2, 0) is 11.0 Å². The predicted octanol–water partition coefficient (Wildman–Crippen LogP) is 1.13. The Morgan fingerprint density at radius 3 is 2.65 bits per heavy atom. The standard InChI is InChI=1S/C14H19NO4Te/c1-8-9(2)20(18,19)14(11(8)15-13(14)17)12(16)10-6-4-3-5-7-10/h4,6,10-12,16H,3,5,7H2,1-2H3,(H,15,17)/t10-,11+,12+,14+/m1/s1.